The van der Waals surface area contributed by atoms with Gasteiger partial charge >= 0.3 is 0 Å². The number of ether oxygens (including phenoxy) is 1. The minimum atomic E-state index is 0.0946. The van der Waals surface area contributed by atoms with Crippen LogP contribution in [0, 0.1) is 0 Å². The van der Waals surface area contributed by atoms with Gasteiger partial charge < -0.3 is 15.0 Å². The number of para-hydroxylation sites is 2. The van der Waals surface area contributed by atoms with Crippen molar-refractivity contribution in [3.8, 4) is 0 Å². The van der Waals surface area contributed by atoms with Gasteiger partial charge in [0.2, 0.25) is 5.91 Å². The van der Waals surface area contributed by atoms with E-state index in [1.165, 1.54) is 0 Å². The van der Waals surface area contributed by atoms with Gasteiger partial charge in [0.1, 0.15) is 5.82 Å². The molecular formula is C15H21N3O2. The van der Waals surface area contributed by atoms with Gasteiger partial charge in [-0.25, -0.2) is 4.98 Å². The number of methoxy groups -OCH3 is 1. The first kappa shape index (κ1) is 14.5. The number of H-pyrrole nitrogens is 1. The highest BCUT2D eigenvalue weighted by molar-refractivity contribution is 5.76. The molecule has 2 aromatic rings. The molecule has 1 aromatic carbocycles. The molecule has 0 aliphatic heterocycles. The first-order valence-corrected chi connectivity index (χ1v) is 6.99. The highest BCUT2D eigenvalue weighted by Gasteiger charge is 2.04. The Hall–Kier alpha value is -1.88. The van der Waals surface area contributed by atoms with E-state index in [-0.39, 0.29) is 5.91 Å². The molecule has 20 heavy (non-hydrogen) atoms. The number of carbonyl (C=O) groups is 1. The Labute approximate surface area is 118 Å². The molecule has 0 saturated heterocycles. The van der Waals surface area contributed by atoms with Crippen LogP contribution in [0.5, 0.6) is 0 Å². The highest BCUT2D eigenvalue weighted by Crippen LogP contribution is 2.11. The molecule has 0 spiro atoms. The van der Waals surface area contributed by atoms with Crippen LogP contribution in [0.3, 0.4) is 0 Å². The normalized spacial score (nSPS) is 10.8. The number of carbonyl (C=O) groups excluding carboxylic acids is 1. The van der Waals surface area contributed by atoms with Gasteiger partial charge in [0.05, 0.1) is 11.0 Å². The topological polar surface area (TPSA) is 67.0 Å². The number of nitrogens with one attached hydrogen (secondary N) is 2. The fourth-order valence-electron chi connectivity index (χ4n) is 2.07. The Kier molecular flexibility index (Phi) is 5.55. The summed E-state index contributed by atoms with van der Waals surface area (Å²) in [6.07, 6.45) is 2.98. The molecule has 5 nitrogen and oxygen atoms in total. The van der Waals surface area contributed by atoms with Gasteiger partial charge in [-0.2, -0.15) is 0 Å². The average Bonchev–Trinajstić information content (AvgIpc) is 2.86. The summed E-state index contributed by atoms with van der Waals surface area (Å²) in [4.78, 5) is 19.3. The van der Waals surface area contributed by atoms with E-state index >= 15 is 0 Å². The molecule has 0 radical (unpaired) electrons. The van der Waals surface area contributed by atoms with Crippen molar-refractivity contribution in [3.63, 3.8) is 0 Å². The van der Waals surface area contributed by atoms with Crippen LogP contribution in [-0.4, -0.2) is 36.1 Å². The van der Waals surface area contributed by atoms with Crippen LogP contribution >= 0.6 is 0 Å². The lowest BCUT2D eigenvalue weighted by atomic mass is 10.2. The van der Waals surface area contributed by atoms with E-state index in [1.54, 1.807) is 7.11 Å². The van der Waals surface area contributed by atoms with Crippen molar-refractivity contribution in [2.45, 2.75) is 25.7 Å². The van der Waals surface area contributed by atoms with Gasteiger partial charge in [-0.15, -0.1) is 0 Å². The summed E-state index contributed by atoms with van der Waals surface area (Å²) in [6.45, 7) is 1.36. The van der Waals surface area contributed by atoms with Crippen molar-refractivity contribution in [3.05, 3.63) is 30.1 Å². The van der Waals surface area contributed by atoms with E-state index in [2.05, 4.69) is 15.3 Å². The SMILES string of the molecule is COCCCNC(=O)CCCc1nc2ccccc2[nH]1. The Morgan fingerprint density at radius 1 is 1.35 bits per heavy atom. The number of rotatable bonds is 8. The van der Waals surface area contributed by atoms with E-state index in [1.807, 2.05) is 24.3 Å². The van der Waals surface area contributed by atoms with Crippen molar-refractivity contribution in [1.82, 2.24) is 15.3 Å². The quantitative estimate of drug-likeness (QED) is 0.724. The molecule has 2 rings (SSSR count). The number of hydrogen-bond acceptors (Lipinski definition) is 3. The Morgan fingerprint density at radius 3 is 3.00 bits per heavy atom. The predicted molar refractivity (Wildman–Crippen MR) is 78.5 cm³/mol. The van der Waals surface area contributed by atoms with Gasteiger partial charge in [-0.3, -0.25) is 4.79 Å². The zero-order valence-corrected chi connectivity index (χ0v) is 11.8. The van der Waals surface area contributed by atoms with Crippen LogP contribution in [0.15, 0.2) is 24.3 Å². The van der Waals surface area contributed by atoms with E-state index in [9.17, 15) is 4.79 Å². The summed E-state index contributed by atoms with van der Waals surface area (Å²) < 4.78 is 4.93. The summed E-state index contributed by atoms with van der Waals surface area (Å²) in [6, 6.07) is 7.95. The largest absolute Gasteiger partial charge is 0.385 e. The lowest BCUT2D eigenvalue weighted by molar-refractivity contribution is -0.121. The molecule has 0 bridgehead atoms. The molecule has 0 fully saturated rings. The zero-order valence-electron chi connectivity index (χ0n) is 11.8. The first-order chi connectivity index (χ1) is 9.79. The van der Waals surface area contributed by atoms with Crippen LogP contribution in [0.1, 0.15) is 25.1 Å². The van der Waals surface area contributed by atoms with Crippen molar-refractivity contribution in [2.75, 3.05) is 20.3 Å². The molecule has 1 heterocycles. The molecule has 2 N–H and O–H groups in total. The van der Waals surface area contributed by atoms with E-state index in [0.717, 1.165) is 36.1 Å². The summed E-state index contributed by atoms with van der Waals surface area (Å²) in [5.74, 6) is 1.04. The van der Waals surface area contributed by atoms with Crippen LogP contribution in [-0.2, 0) is 16.0 Å². The lowest BCUT2D eigenvalue weighted by Crippen LogP contribution is -2.24. The van der Waals surface area contributed by atoms with Crippen LogP contribution in [0.2, 0.25) is 0 Å². The fourth-order valence-corrected chi connectivity index (χ4v) is 2.07. The summed E-state index contributed by atoms with van der Waals surface area (Å²) in [5.41, 5.74) is 2.03. The predicted octanol–water partition coefficient (Wildman–Crippen LogP) is 2.04. The number of aryl methyl sites for hydroxylation is 1. The maximum absolute atomic E-state index is 11.6. The molecule has 1 aromatic heterocycles. The van der Waals surface area contributed by atoms with Crippen molar-refractivity contribution >= 4 is 16.9 Å². The minimum absolute atomic E-state index is 0.0946. The molecule has 5 heteroatoms. The van der Waals surface area contributed by atoms with Gasteiger partial charge in [0.15, 0.2) is 0 Å². The molecule has 1 amide bonds. The second kappa shape index (κ2) is 7.65. The maximum Gasteiger partial charge on any atom is 0.220 e. The number of fused-ring (bicyclic) bond motifs is 1. The van der Waals surface area contributed by atoms with E-state index in [0.29, 0.717) is 19.6 Å². The molecule has 0 aliphatic rings. The van der Waals surface area contributed by atoms with E-state index < -0.39 is 0 Å². The number of nitrogens with zero attached hydrogens (tertiary/aromatic N) is 1. The smallest absolute Gasteiger partial charge is 0.220 e. The number of aromatic nitrogens is 2. The molecule has 0 atom stereocenters. The molecule has 0 unspecified atom stereocenters. The van der Waals surface area contributed by atoms with Gasteiger partial charge in [-0.05, 0) is 25.0 Å². The maximum atomic E-state index is 11.6. The summed E-state index contributed by atoms with van der Waals surface area (Å²) in [5, 5.41) is 2.88. The van der Waals surface area contributed by atoms with Crippen molar-refractivity contribution in [1.29, 1.82) is 0 Å². The number of benzene rings is 1. The Morgan fingerprint density at radius 2 is 2.20 bits per heavy atom. The van der Waals surface area contributed by atoms with Crippen LogP contribution < -0.4 is 5.32 Å². The number of amides is 1. The monoisotopic (exact) mass is 275 g/mol. The van der Waals surface area contributed by atoms with Crippen LogP contribution in [0.25, 0.3) is 11.0 Å². The second-order valence-corrected chi connectivity index (χ2v) is 4.75. The van der Waals surface area contributed by atoms with Gasteiger partial charge in [0, 0.05) is 33.1 Å². The molecule has 0 saturated carbocycles. The summed E-state index contributed by atoms with van der Waals surface area (Å²) in [7, 11) is 1.66. The van der Waals surface area contributed by atoms with Crippen molar-refractivity contribution < 1.29 is 9.53 Å². The van der Waals surface area contributed by atoms with E-state index in [4.69, 9.17) is 4.74 Å². The fraction of sp³-hybridized carbons (Fsp3) is 0.467. The average molecular weight is 275 g/mol. The zero-order chi connectivity index (χ0) is 14.2. The molecular weight excluding hydrogens is 254 g/mol. The van der Waals surface area contributed by atoms with Crippen molar-refractivity contribution in [2.24, 2.45) is 0 Å². The minimum Gasteiger partial charge on any atom is -0.385 e. The third-order valence-electron chi connectivity index (χ3n) is 3.10. The Bertz CT molecular complexity index is 518. The summed E-state index contributed by atoms with van der Waals surface area (Å²) >= 11 is 0. The molecule has 0 aliphatic carbocycles. The number of hydrogen-bond donors (Lipinski definition) is 2. The Balaban J connectivity index is 1.68. The number of aromatic amines is 1. The number of imidazole rings is 1. The third-order valence-corrected chi connectivity index (χ3v) is 3.10. The van der Waals surface area contributed by atoms with Gasteiger partial charge in [-0.1, -0.05) is 12.1 Å². The first-order valence-electron chi connectivity index (χ1n) is 6.99. The highest BCUT2D eigenvalue weighted by atomic mass is 16.5. The standard InChI is InChI=1S/C15H21N3O2/c1-20-11-5-10-16-15(19)9-4-8-14-17-12-6-2-3-7-13(12)18-14/h2-3,6-7H,4-5,8-11H2,1H3,(H,16,19)(H,17,18). The third kappa shape index (κ3) is 4.35. The van der Waals surface area contributed by atoms with Crippen LogP contribution in [0.4, 0.5) is 0 Å². The van der Waals surface area contributed by atoms with Gasteiger partial charge in [0.25, 0.3) is 0 Å². The second-order valence-electron chi connectivity index (χ2n) is 4.75. The molecule has 108 valence electrons. The lowest BCUT2D eigenvalue weighted by Gasteiger charge is -2.03.